The number of aliphatic hydroxyl groups excluding tert-OH is 1. The second-order valence-electron chi connectivity index (χ2n) is 5.98. The van der Waals surface area contributed by atoms with Gasteiger partial charge in [0.05, 0.1) is 12.6 Å². The highest BCUT2D eigenvalue weighted by molar-refractivity contribution is 6.05. The molecule has 6 nitrogen and oxygen atoms in total. The van der Waals surface area contributed by atoms with Crippen molar-refractivity contribution in [3.63, 3.8) is 0 Å². The average molecular weight is 340 g/mol. The standard InChI is InChI=1S/C19H20N2O4/c1-12-4-2-3-5-15(12)19(24)20-14-8-6-13(7-9-14)18-16(10-22)21-17(23)11-25-18/h2-9,16,18,22H,10-11H2,1H3,(H,20,24)(H,21,23)/t16-,18-/m1/s1. The third-order valence-corrected chi connectivity index (χ3v) is 4.19. The summed E-state index contributed by atoms with van der Waals surface area (Å²) in [6.07, 6.45) is -0.413. The van der Waals surface area contributed by atoms with Gasteiger partial charge < -0.3 is 20.5 Å². The van der Waals surface area contributed by atoms with E-state index in [1.165, 1.54) is 0 Å². The molecule has 1 aliphatic heterocycles. The number of aryl methyl sites for hydroxylation is 1. The van der Waals surface area contributed by atoms with E-state index >= 15 is 0 Å². The van der Waals surface area contributed by atoms with Gasteiger partial charge in [0.2, 0.25) is 5.91 Å². The number of amides is 2. The van der Waals surface area contributed by atoms with Gasteiger partial charge >= 0.3 is 0 Å². The zero-order valence-corrected chi connectivity index (χ0v) is 13.9. The smallest absolute Gasteiger partial charge is 0.255 e. The Balaban J connectivity index is 1.71. The third-order valence-electron chi connectivity index (χ3n) is 4.19. The predicted molar refractivity (Wildman–Crippen MR) is 93.3 cm³/mol. The van der Waals surface area contributed by atoms with Crippen molar-refractivity contribution in [1.29, 1.82) is 0 Å². The predicted octanol–water partition coefficient (Wildman–Crippen LogP) is 1.80. The Hall–Kier alpha value is -2.70. The van der Waals surface area contributed by atoms with E-state index in [1.54, 1.807) is 18.2 Å². The number of anilines is 1. The molecule has 3 N–H and O–H groups in total. The van der Waals surface area contributed by atoms with Crippen molar-refractivity contribution in [2.75, 3.05) is 18.5 Å². The normalized spacial score (nSPS) is 20.0. The molecular weight excluding hydrogens is 320 g/mol. The van der Waals surface area contributed by atoms with Crippen LogP contribution >= 0.6 is 0 Å². The summed E-state index contributed by atoms with van der Waals surface area (Å²) in [6, 6.07) is 14.1. The van der Waals surface area contributed by atoms with Crippen LogP contribution in [-0.4, -0.2) is 36.2 Å². The maximum atomic E-state index is 12.3. The number of rotatable bonds is 4. The summed E-state index contributed by atoms with van der Waals surface area (Å²) in [6.45, 7) is 1.65. The fourth-order valence-corrected chi connectivity index (χ4v) is 2.86. The minimum absolute atomic E-state index is 0.0348. The van der Waals surface area contributed by atoms with E-state index in [4.69, 9.17) is 4.74 Å². The van der Waals surface area contributed by atoms with Crippen molar-refractivity contribution in [1.82, 2.24) is 5.32 Å². The molecule has 1 aliphatic rings. The molecule has 25 heavy (non-hydrogen) atoms. The molecule has 2 aromatic carbocycles. The number of nitrogens with one attached hydrogen (secondary N) is 2. The molecule has 0 saturated carbocycles. The van der Waals surface area contributed by atoms with Crippen molar-refractivity contribution in [2.24, 2.45) is 0 Å². The molecule has 2 aromatic rings. The fraction of sp³-hybridized carbons (Fsp3) is 0.263. The minimum atomic E-state index is -0.478. The molecule has 1 fully saturated rings. The van der Waals surface area contributed by atoms with Gasteiger partial charge in [-0.25, -0.2) is 0 Å². The lowest BCUT2D eigenvalue weighted by molar-refractivity contribution is -0.138. The highest BCUT2D eigenvalue weighted by Gasteiger charge is 2.30. The lowest BCUT2D eigenvalue weighted by Gasteiger charge is -2.31. The first-order valence-corrected chi connectivity index (χ1v) is 8.07. The molecule has 0 bridgehead atoms. The summed E-state index contributed by atoms with van der Waals surface area (Å²) < 4.78 is 5.53. The quantitative estimate of drug-likeness (QED) is 0.792. The van der Waals surface area contributed by atoms with Crippen LogP contribution in [0.2, 0.25) is 0 Å². The molecule has 1 heterocycles. The summed E-state index contributed by atoms with van der Waals surface area (Å²) in [4.78, 5) is 23.7. The highest BCUT2D eigenvalue weighted by atomic mass is 16.5. The summed E-state index contributed by atoms with van der Waals surface area (Å²) in [7, 11) is 0. The van der Waals surface area contributed by atoms with Gasteiger partial charge in [0.1, 0.15) is 12.7 Å². The molecule has 2 atom stereocenters. The number of carbonyl (C=O) groups excluding carboxylic acids is 2. The van der Waals surface area contributed by atoms with Gasteiger partial charge in [-0.2, -0.15) is 0 Å². The Morgan fingerprint density at radius 1 is 1.24 bits per heavy atom. The average Bonchev–Trinajstić information content (AvgIpc) is 2.62. The van der Waals surface area contributed by atoms with Gasteiger partial charge in [0.15, 0.2) is 0 Å². The third kappa shape index (κ3) is 3.87. The number of aliphatic hydroxyl groups is 1. The number of benzene rings is 2. The maximum absolute atomic E-state index is 12.3. The first kappa shape index (κ1) is 17.1. The lowest BCUT2D eigenvalue weighted by Crippen LogP contribution is -2.49. The van der Waals surface area contributed by atoms with Gasteiger partial charge in [-0.1, -0.05) is 30.3 Å². The molecule has 130 valence electrons. The van der Waals surface area contributed by atoms with E-state index in [1.807, 2.05) is 37.3 Å². The van der Waals surface area contributed by atoms with E-state index in [-0.39, 0.29) is 25.0 Å². The molecule has 0 spiro atoms. The molecule has 1 saturated heterocycles. The largest absolute Gasteiger partial charge is 0.394 e. The molecule has 0 radical (unpaired) electrons. The monoisotopic (exact) mass is 340 g/mol. The SMILES string of the molecule is Cc1ccccc1C(=O)Nc1ccc([C@H]2OCC(=O)N[C@@H]2CO)cc1. The molecule has 0 aromatic heterocycles. The maximum Gasteiger partial charge on any atom is 0.255 e. The van der Waals surface area contributed by atoms with E-state index < -0.39 is 12.1 Å². The highest BCUT2D eigenvalue weighted by Crippen LogP contribution is 2.25. The van der Waals surface area contributed by atoms with Crippen molar-refractivity contribution in [3.05, 3.63) is 65.2 Å². The van der Waals surface area contributed by atoms with Crippen molar-refractivity contribution >= 4 is 17.5 Å². The Labute approximate surface area is 145 Å². The van der Waals surface area contributed by atoms with Crippen LogP contribution in [0.25, 0.3) is 0 Å². The molecule has 6 heteroatoms. The fourth-order valence-electron chi connectivity index (χ4n) is 2.86. The summed E-state index contributed by atoms with van der Waals surface area (Å²) in [5, 5.41) is 15.0. The van der Waals surface area contributed by atoms with Crippen LogP contribution in [0.5, 0.6) is 0 Å². The molecule has 0 aliphatic carbocycles. The summed E-state index contributed by atoms with van der Waals surface area (Å²) >= 11 is 0. The molecular formula is C19H20N2O4. The number of hydrogen-bond donors (Lipinski definition) is 3. The van der Waals surface area contributed by atoms with Gasteiger partial charge in [-0.15, -0.1) is 0 Å². The molecule has 0 unspecified atom stereocenters. The Bertz CT molecular complexity index is 773. The summed E-state index contributed by atoms with van der Waals surface area (Å²) in [5.74, 6) is -0.405. The Morgan fingerprint density at radius 2 is 1.96 bits per heavy atom. The summed E-state index contributed by atoms with van der Waals surface area (Å²) in [5.41, 5.74) is 3.03. The number of carbonyl (C=O) groups is 2. The first-order chi connectivity index (χ1) is 12.1. The number of hydrogen-bond acceptors (Lipinski definition) is 4. The van der Waals surface area contributed by atoms with E-state index in [0.717, 1.165) is 11.1 Å². The Morgan fingerprint density at radius 3 is 2.64 bits per heavy atom. The number of morpholine rings is 1. The second-order valence-corrected chi connectivity index (χ2v) is 5.98. The zero-order chi connectivity index (χ0) is 17.8. The van der Waals surface area contributed by atoms with Crippen LogP contribution in [0.15, 0.2) is 48.5 Å². The van der Waals surface area contributed by atoms with E-state index in [0.29, 0.717) is 11.3 Å². The van der Waals surface area contributed by atoms with Gasteiger partial charge in [0, 0.05) is 11.3 Å². The van der Waals surface area contributed by atoms with Crippen molar-refractivity contribution in [3.8, 4) is 0 Å². The van der Waals surface area contributed by atoms with Crippen LogP contribution < -0.4 is 10.6 Å². The van der Waals surface area contributed by atoms with Crippen LogP contribution in [0, 0.1) is 6.92 Å². The molecule has 3 rings (SSSR count). The second kappa shape index (κ2) is 7.46. The van der Waals surface area contributed by atoms with E-state index in [2.05, 4.69) is 10.6 Å². The van der Waals surface area contributed by atoms with Crippen molar-refractivity contribution < 1.29 is 19.4 Å². The molecule has 2 amide bonds. The van der Waals surface area contributed by atoms with Gasteiger partial charge in [-0.3, -0.25) is 9.59 Å². The van der Waals surface area contributed by atoms with Crippen LogP contribution in [0.4, 0.5) is 5.69 Å². The number of ether oxygens (including phenoxy) is 1. The minimum Gasteiger partial charge on any atom is -0.394 e. The van der Waals surface area contributed by atoms with Gasteiger partial charge in [0.25, 0.3) is 5.91 Å². The van der Waals surface area contributed by atoms with Crippen LogP contribution in [-0.2, 0) is 9.53 Å². The van der Waals surface area contributed by atoms with Gasteiger partial charge in [-0.05, 0) is 36.2 Å². The zero-order valence-electron chi connectivity index (χ0n) is 13.9. The first-order valence-electron chi connectivity index (χ1n) is 8.07. The van der Waals surface area contributed by atoms with Crippen LogP contribution in [0.3, 0.4) is 0 Å². The topological polar surface area (TPSA) is 87.7 Å². The van der Waals surface area contributed by atoms with Crippen LogP contribution in [0.1, 0.15) is 27.6 Å². The van der Waals surface area contributed by atoms with E-state index in [9.17, 15) is 14.7 Å². The lowest BCUT2D eigenvalue weighted by atomic mass is 10.0. The van der Waals surface area contributed by atoms with Crippen molar-refractivity contribution in [2.45, 2.75) is 19.1 Å². The Kier molecular flexibility index (Phi) is 5.11.